The van der Waals surface area contributed by atoms with Crippen molar-refractivity contribution in [1.29, 1.82) is 0 Å². The van der Waals surface area contributed by atoms with E-state index in [1.807, 2.05) is 24.4 Å². The van der Waals surface area contributed by atoms with Gasteiger partial charge in [0.25, 0.3) is 0 Å². The van der Waals surface area contributed by atoms with Crippen LogP contribution in [0.2, 0.25) is 0 Å². The molecule has 0 bridgehead atoms. The highest BCUT2D eigenvalue weighted by Crippen LogP contribution is 2.22. The van der Waals surface area contributed by atoms with Crippen LogP contribution < -0.4 is 0 Å². The molecule has 15 heavy (non-hydrogen) atoms. The van der Waals surface area contributed by atoms with Crippen LogP contribution in [0, 0.1) is 5.92 Å². The fraction of sp³-hybridized carbons (Fsp3) is 0.462. The first-order valence-electron chi connectivity index (χ1n) is 5.62. The van der Waals surface area contributed by atoms with E-state index in [0.29, 0.717) is 5.92 Å². The van der Waals surface area contributed by atoms with E-state index in [1.54, 1.807) is 0 Å². The van der Waals surface area contributed by atoms with Crippen LogP contribution in [0.4, 0.5) is 0 Å². The smallest absolute Gasteiger partial charge is 0.0983 e. The summed E-state index contributed by atoms with van der Waals surface area (Å²) in [6.07, 6.45) is 7.38. The molecule has 2 rings (SSSR count). The van der Waals surface area contributed by atoms with Crippen LogP contribution in [0.5, 0.6) is 0 Å². The van der Waals surface area contributed by atoms with Gasteiger partial charge >= 0.3 is 0 Å². The van der Waals surface area contributed by atoms with E-state index in [4.69, 9.17) is 4.74 Å². The molecule has 1 aromatic rings. The molecule has 1 atom stereocenters. The average Bonchev–Trinajstić information content (AvgIpc) is 2.68. The molecule has 80 valence electrons. The van der Waals surface area contributed by atoms with Crippen molar-refractivity contribution >= 4 is 0 Å². The largest absolute Gasteiger partial charge is 0.497 e. The average molecular weight is 203 g/mol. The van der Waals surface area contributed by atoms with Crippen molar-refractivity contribution in [1.82, 2.24) is 4.98 Å². The first-order chi connectivity index (χ1) is 7.38. The Balaban J connectivity index is 1.94. The van der Waals surface area contributed by atoms with Crippen molar-refractivity contribution in [3.05, 3.63) is 41.9 Å². The van der Waals surface area contributed by atoms with Crippen LogP contribution in [-0.4, -0.2) is 11.6 Å². The predicted octanol–water partition coefficient (Wildman–Crippen LogP) is 2.95. The third-order valence-corrected chi connectivity index (χ3v) is 2.65. The van der Waals surface area contributed by atoms with E-state index >= 15 is 0 Å². The van der Waals surface area contributed by atoms with E-state index in [9.17, 15) is 0 Å². The minimum atomic E-state index is 0.619. The number of ether oxygens (including phenoxy) is 1. The van der Waals surface area contributed by atoms with E-state index in [0.717, 1.165) is 24.5 Å². The lowest BCUT2D eigenvalue weighted by Crippen LogP contribution is -1.97. The zero-order chi connectivity index (χ0) is 10.5. The molecule has 1 aromatic heterocycles. The topological polar surface area (TPSA) is 22.1 Å². The minimum absolute atomic E-state index is 0.619. The molecule has 1 aliphatic rings. The Bertz CT molecular complexity index is 332. The van der Waals surface area contributed by atoms with Gasteiger partial charge in [-0.1, -0.05) is 19.4 Å². The second kappa shape index (κ2) is 4.96. The number of hydrogen-bond acceptors (Lipinski definition) is 2. The molecule has 0 saturated carbocycles. The summed E-state index contributed by atoms with van der Waals surface area (Å²) in [4.78, 5) is 4.29. The molecule has 0 aromatic carbocycles. The van der Waals surface area contributed by atoms with Crippen molar-refractivity contribution in [3.8, 4) is 0 Å². The molecule has 2 nitrogen and oxygen atoms in total. The highest BCUT2D eigenvalue weighted by Gasteiger charge is 2.16. The van der Waals surface area contributed by atoms with Gasteiger partial charge < -0.3 is 4.74 Å². The Morgan fingerprint density at radius 2 is 2.40 bits per heavy atom. The van der Waals surface area contributed by atoms with Crippen molar-refractivity contribution in [3.63, 3.8) is 0 Å². The van der Waals surface area contributed by atoms with Crippen LogP contribution in [0.1, 0.15) is 25.5 Å². The van der Waals surface area contributed by atoms with Crippen molar-refractivity contribution in [2.24, 2.45) is 5.92 Å². The van der Waals surface area contributed by atoms with Crippen LogP contribution in [0.15, 0.2) is 36.2 Å². The van der Waals surface area contributed by atoms with Crippen LogP contribution in [0.3, 0.4) is 0 Å². The van der Waals surface area contributed by atoms with Gasteiger partial charge in [-0.3, -0.25) is 4.98 Å². The van der Waals surface area contributed by atoms with E-state index in [-0.39, 0.29) is 0 Å². The summed E-state index contributed by atoms with van der Waals surface area (Å²) in [6, 6.07) is 5.99. The highest BCUT2D eigenvalue weighted by atomic mass is 16.5. The zero-order valence-corrected chi connectivity index (χ0v) is 9.15. The van der Waals surface area contributed by atoms with Gasteiger partial charge in [0.2, 0.25) is 0 Å². The first kappa shape index (κ1) is 10.2. The Morgan fingerprint density at radius 3 is 3.13 bits per heavy atom. The molecule has 0 N–H and O–H groups in total. The summed E-state index contributed by atoms with van der Waals surface area (Å²) in [6.45, 7) is 3.07. The van der Waals surface area contributed by atoms with E-state index in [2.05, 4.69) is 18.0 Å². The van der Waals surface area contributed by atoms with Crippen molar-refractivity contribution in [2.45, 2.75) is 26.2 Å². The normalized spacial score (nSPS) is 19.8. The van der Waals surface area contributed by atoms with Crippen molar-refractivity contribution in [2.75, 3.05) is 6.61 Å². The summed E-state index contributed by atoms with van der Waals surface area (Å²) >= 11 is 0. The summed E-state index contributed by atoms with van der Waals surface area (Å²) in [5.41, 5.74) is 1.08. The summed E-state index contributed by atoms with van der Waals surface area (Å²) in [5.74, 6) is 1.71. The van der Waals surface area contributed by atoms with E-state index in [1.165, 1.54) is 12.8 Å². The molecule has 0 saturated heterocycles. The number of allylic oxidation sites excluding steroid dienone is 1. The number of nitrogens with zero attached hydrogens (tertiary/aromatic N) is 1. The quantitative estimate of drug-likeness (QED) is 0.750. The first-order valence-corrected chi connectivity index (χ1v) is 5.62. The minimum Gasteiger partial charge on any atom is -0.497 e. The third-order valence-electron chi connectivity index (χ3n) is 2.65. The summed E-state index contributed by atoms with van der Waals surface area (Å²) in [7, 11) is 0. The SMILES string of the molecule is CCCC1C=C(Cc2ccccn2)OC1. The van der Waals surface area contributed by atoms with Gasteiger partial charge in [-0.15, -0.1) is 0 Å². The van der Waals surface area contributed by atoms with Crippen LogP contribution in [0.25, 0.3) is 0 Å². The molecule has 2 heteroatoms. The molecular weight excluding hydrogens is 186 g/mol. The molecule has 2 heterocycles. The Labute approximate surface area is 91.0 Å². The predicted molar refractivity (Wildman–Crippen MR) is 60.4 cm³/mol. The molecule has 1 aliphatic heterocycles. The van der Waals surface area contributed by atoms with Gasteiger partial charge in [0.15, 0.2) is 0 Å². The summed E-state index contributed by atoms with van der Waals surface area (Å²) in [5, 5.41) is 0. The number of hydrogen-bond donors (Lipinski definition) is 0. The molecule has 0 aliphatic carbocycles. The number of aromatic nitrogens is 1. The Kier molecular flexibility index (Phi) is 3.38. The Morgan fingerprint density at radius 1 is 1.47 bits per heavy atom. The maximum Gasteiger partial charge on any atom is 0.0983 e. The standard InChI is InChI=1S/C13H17NO/c1-2-5-11-8-13(15-10-11)9-12-6-3-4-7-14-12/h3-4,6-8,11H,2,5,9-10H2,1H3. The molecule has 0 spiro atoms. The molecule has 1 unspecified atom stereocenters. The second-order valence-electron chi connectivity index (χ2n) is 3.99. The zero-order valence-electron chi connectivity index (χ0n) is 9.15. The lowest BCUT2D eigenvalue weighted by Gasteiger charge is -2.03. The van der Waals surface area contributed by atoms with Crippen LogP contribution >= 0.6 is 0 Å². The fourth-order valence-corrected chi connectivity index (χ4v) is 1.90. The molecule has 0 fully saturated rings. The third kappa shape index (κ3) is 2.82. The van der Waals surface area contributed by atoms with Gasteiger partial charge in [0, 0.05) is 24.2 Å². The molecule has 0 amide bonds. The highest BCUT2D eigenvalue weighted by molar-refractivity contribution is 5.14. The number of pyridine rings is 1. The second-order valence-corrected chi connectivity index (χ2v) is 3.99. The maximum absolute atomic E-state index is 5.64. The fourth-order valence-electron chi connectivity index (χ4n) is 1.90. The summed E-state index contributed by atoms with van der Waals surface area (Å²) < 4.78 is 5.64. The van der Waals surface area contributed by atoms with Gasteiger partial charge in [-0.25, -0.2) is 0 Å². The van der Waals surface area contributed by atoms with Gasteiger partial charge in [-0.2, -0.15) is 0 Å². The van der Waals surface area contributed by atoms with Crippen LogP contribution in [-0.2, 0) is 11.2 Å². The molecule has 0 radical (unpaired) electrons. The lowest BCUT2D eigenvalue weighted by atomic mass is 10.1. The monoisotopic (exact) mass is 203 g/mol. The lowest BCUT2D eigenvalue weighted by molar-refractivity contribution is 0.209. The maximum atomic E-state index is 5.64. The Hall–Kier alpha value is -1.31. The van der Waals surface area contributed by atoms with Gasteiger partial charge in [0.1, 0.15) is 0 Å². The van der Waals surface area contributed by atoms with Crippen molar-refractivity contribution < 1.29 is 4.74 Å². The number of rotatable bonds is 4. The van der Waals surface area contributed by atoms with E-state index < -0.39 is 0 Å². The van der Waals surface area contributed by atoms with Gasteiger partial charge in [-0.05, 0) is 24.6 Å². The molecular formula is C13H17NO. The van der Waals surface area contributed by atoms with Gasteiger partial charge in [0.05, 0.1) is 12.4 Å².